The number of carbonyl (C=O) groups excluding carboxylic acids is 1. The molecule has 4 rings (SSSR count). The molecule has 41 heavy (non-hydrogen) atoms. The molecular formula is C31H31Cl2F3N2O3. The first-order valence-electron chi connectivity index (χ1n) is 13.1. The van der Waals surface area contributed by atoms with Crippen molar-refractivity contribution < 1.29 is 27.9 Å². The van der Waals surface area contributed by atoms with Crippen LogP contribution in [0.25, 0.3) is 0 Å². The summed E-state index contributed by atoms with van der Waals surface area (Å²) in [4.78, 5) is 24.9. The van der Waals surface area contributed by atoms with Crippen LogP contribution in [0, 0.1) is 22.9 Å². The first kappa shape index (κ1) is 30.9. The molecule has 3 N–H and O–H groups in total. The Balaban J connectivity index is 1.80. The van der Waals surface area contributed by atoms with Gasteiger partial charge in [0.05, 0.1) is 16.6 Å². The maximum Gasteiger partial charge on any atom is 0.338 e. The Morgan fingerprint density at radius 1 is 1.02 bits per heavy atom. The third kappa shape index (κ3) is 6.25. The molecule has 1 saturated heterocycles. The maximum absolute atomic E-state index is 15.7. The van der Waals surface area contributed by atoms with Crippen molar-refractivity contribution in [1.29, 1.82) is 0 Å². The van der Waals surface area contributed by atoms with Crippen molar-refractivity contribution in [2.24, 2.45) is 5.41 Å². The van der Waals surface area contributed by atoms with E-state index >= 15 is 8.78 Å². The molecule has 0 spiro atoms. The highest BCUT2D eigenvalue weighted by atomic mass is 35.5. The Morgan fingerprint density at radius 3 is 2.34 bits per heavy atom. The van der Waals surface area contributed by atoms with Gasteiger partial charge in [0.15, 0.2) is 0 Å². The van der Waals surface area contributed by atoms with Crippen LogP contribution in [-0.2, 0) is 16.8 Å². The van der Waals surface area contributed by atoms with Gasteiger partial charge in [0.1, 0.15) is 17.5 Å². The highest BCUT2D eigenvalue weighted by Crippen LogP contribution is 2.52. The molecular weight excluding hydrogens is 576 g/mol. The molecule has 2 unspecified atom stereocenters. The molecule has 1 aliphatic heterocycles. The van der Waals surface area contributed by atoms with Crippen molar-refractivity contribution in [1.82, 2.24) is 10.6 Å². The van der Waals surface area contributed by atoms with Gasteiger partial charge in [0.2, 0.25) is 5.91 Å². The molecule has 1 fully saturated rings. The largest absolute Gasteiger partial charge is 0.478 e. The van der Waals surface area contributed by atoms with E-state index in [4.69, 9.17) is 28.3 Å². The van der Waals surface area contributed by atoms with Gasteiger partial charge in [-0.05, 0) is 58.9 Å². The van der Waals surface area contributed by atoms with Crippen LogP contribution >= 0.6 is 23.2 Å². The van der Waals surface area contributed by atoms with Crippen LogP contribution in [-0.4, -0.2) is 29.1 Å². The molecule has 0 radical (unpaired) electrons. The van der Waals surface area contributed by atoms with Gasteiger partial charge in [-0.25, -0.2) is 18.0 Å². The Labute approximate surface area is 247 Å². The van der Waals surface area contributed by atoms with Gasteiger partial charge in [-0.2, -0.15) is 0 Å². The van der Waals surface area contributed by atoms with Crippen molar-refractivity contribution >= 4 is 35.1 Å². The highest BCUT2D eigenvalue weighted by Gasteiger charge is 2.57. The van der Waals surface area contributed by atoms with Crippen LogP contribution in [0.2, 0.25) is 10.0 Å². The van der Waals surface area contributed by atoms with Crippen LogP contribution in [0.5, 0.6) is 0 Å². The van der Waals surface area contributed by atoms with Gasteiger partial charge >= 0.3 is 5.97 Å². The first-order valence-corrected chi connectivity index (χ1v) is 13.8. The highest BCUT2D eigenvalue weighted by molar-refractivity contribution is 6.31. The van der Waals surface area contributed by atoms with Gasteiger partial charge in [-0.3, -0.25) is 4.79 Å². The number of aromatic carboxylic acids is 1. The molecule has 5 nitrogen and oxygen atoms in total. The molecule has 0 saturated carbocycles. The number of carboxylic acids is 1. The third-order valence-corrected chi connectivity index (χ3v) is 8.27. The molecule has 3 aromatic rings. The Bertz CT molecular complexity index is 1490. The van der Waals surface area contributed by atoms with Gasteiger partial charge in [-0.15, -0.1) is 0 Å². The predicted molar refractivity (Wildman–Crippen MR) is 153 cm³/mol. The molecule has 0 aliphatic carbocycles. The van der Waals surface area contributed by atoms with Crippen molar-refractivity contribution in [2.75, 3.05) is 0 Å². The van der Waals surface area contributed by atoms with Gasteiger partial charge < -0.3 is 15.7 Å². The fourth-order valence-electron chi connectivity index (χ4n) is 5.85. The zero-order valence-corrected chi connectivity index (χ0v) is 24.5. The van der Waals surface area contributed by atoms with Gasteiger partial charge in [0, 0.05) is 28.9 Å². The quantitative estimate of drug-likeness (QED) is 0.265. The van der Waals surface area contributed by atoms with E-state index in [-0.39, 0.29) is 33.1 Å². The van der Waals surface area contributed by atoms with Crippen molar-refractivity contribution in [3.05, 3.63) is 104 Å². The van der Waals surface area contributed by atoms with E-state index in [1.165, 1.54) is 18.2 Å². The lowest BCUT2D eigenvalue weighted by Crippen LogP contribution is -2.45. The zero-order chi connectivity index (χ0) is 30.3. The number of carbonyl (C=O) groups is 2. The fourth-order valence-corrected chi connectivity index (χ4v) is 6.19. The van der Waals surface area contributed by atoms with E-state index in [9.17, 15) is 14.0 Å². The second-order valence-electron chi connectivity index (χ2n) is 11.8. The topological polar surface area (TPSA) is 78.4 Å². The second-order valence-corrected chi connectivity index (χ2v) is 12.7. The molecule has 10 heteroatoms. The first-order chi connectivity index (χ1) is 19.1. The number of halogens is 5. The second kappa shape index (κ2) is 11.7. The summed E-state index contributed by atoms with van der Waals surface area (Å²) in [5, 5.41) is 15.3. The normalized spacial score (nSPS) is 22.5. The monoisotopic (exact) mass is 606 g/mol. The molecule has 0 bridgehead atoms. The summed E-state index contributed by atoms with van der Waals surface area (Å²) in [7, 11) is 0. The van der Waals surface area contributed by atoms with E-state index < -0.39 is 58.3 Å². The lowest BCUT2D eigenvalue weighted by atomic mass is 9.63. The van der Waals surface area contributed by atoms with E-state index in [2.05, 4.69) is 10.6 Å². The summed E-state index contributed by atoms with van der Waals surface area (Å²) < 4.78 is 45.6. The summed E-state index contributed by atoms with van der Waals surface area (Å²) >= 11 is 12.3. The minimum absolute atomic E-state index is 0.117. The average Bonchev–Trinajstić information content (AvgIpc) is 3.15. The van der Waals surface area contributed by atoms with Crippen LogP contribution in [0.1, 0.15) is 67.1 Å². The number of benzene rings is 3. The van der Waals surface area contributed by atoms with Crippen molar-refractivity contribution in [3.8, 4) is 0 Å². The maximum atomic E-state index is 15.7. The number of hydrogen-bond donors (Lipinski definition) is 3. The van der Waals surface area contributed by atoms with Crippen molar-refractivity contribution in [2.45, 2.75) is 64.1 Å². The summed E-state index contributed by atoms with van der Waals surface area (Å²) in [6.45, 7) is 7.75. The Kier molecular flexibility index (Phi) is 8.79. The summed E-state index contributed by atoms with van der Waals surface area (Å²) in [5.41, 5.74) is -1.12. The van der Waals surface area contributed by atoms with E-state index in [0.29, 0.717) is 12.0 Å². The summed E-state index contributed by atoms with van der Waals surface area (Å²) in [5.74, 6) is -5.05. The molecule has 3 aromatic carbocycles. The van der Waals surface area contributed by atoms with Gasteiger partial charge in [0.25, 0.3) is 0 Å². The predicted octanol–water partition coefficient (Wildman–Crippen LogP) is 7.24. The number of carboxylic acid groups (broad SMARTS) is 1. The van der Waals surface area contributed by atoms with E-state index in [1.807, 2.05) is 20.8 Å². The van der Waals surface area contributed by atoms with Crippen LogP contribution in [0.15, 0.2) is 54.6 Å². The number of hydrogen-bond acceptors (Lipinski definition) is 3. The average molecular weight is 608 g/mol. The number of rotatable bonds is 7. The zero-order valence-electron chi connectivity index (χ0n) is 23.0. The summed E-state index contributed by atoms with van der Waals surface area (Å²) in [6.07, 6.45) is 0.510. The number of nitrogens with one attached hydrogen (secondary N) is 2. The minimum atomic E-state index is -1.40. The molecule has 0 aromatic heterocycles. The Morgan fingerprint density at radius 2 is 1.73 bits per heavy atom. The lowest BCUT2D eigenvalue weighted by Gasteiger charge is -2.40. The van der Waals surface area contributed by atoms with Gasteiger partial charge in [-0.1, -0.05) is 75.2 Å². The number of amides is 1. The molecule has 1 aliphatic rings. The molecule has 4 atom stereocenters. The summed E-state index contributed by atoms with van der Waals surface area (Å²) in [6, 6.07) is 10.9. The minimum Gasteiger partial charge on any atom is -0.478 e. The third-order valence-electron chi connectivity index (χ3n) is 7.74. The van der Waals surface area contributed by atoms with E-state index in [0.717, 1.165) is 12.1 Å². The Hall–Kier alpha value is -3.07. The lowest BCUT2D eigenvalue weighted by molar-refractivity contribution is -0.123. The van der Waals surface area contributed by atoms with Crippen LogP contribution in [0.4, 0.5) is 13.2 Å². The fraction of sp³-hybridized carbons (Fsp3) is 0.355. The molecule has 218 valence electrons. The SMILES string of the molecule is CC(C)(C)C[C@@H]1N[C@@H](C(=O)NCc2ccc(C(=O)O)c(F)c2)C(c2cccc(Cl)c2F)C1(C)c1ccc(Cl)cc1F. The van der Waals surface area contributed by atoms with Crippen LogP contribution < -0.4 is 10.6 Å². The molecule has 1 amide bonds. The smallest absolute Gasteiger partial charge is 0.338 e. The van der Waals surface area contributed by atoms with Crippen LogP contribution in [0.3, 0.4) is 0 Å². The standard InChI is InChI=1S/C31H31Cl2F3N2O3/c1-30(2,3)14-24-31(4,20-11-9-17(32)13-23(20)35)25(19-6-5-7-21(33)26(19)36)27(38-24)28(39)37-15-16-8-10-18(29(40)41)22(34)12-16/h5-13,24-25,27,38H,14-15H2,1-4H3,(H,37,39)(H,40,41)/t24-,25?,27+,31?/m0/s1. The molecule has 1 heterocycles. The van der Waals surface area contributed by atoms with E-state index in [1.54, 1.807) is 31.2 Å². The van der Waals surface area contributed by atoms with Crippen molar-refractivity contribution in [3.63, 3.8) is 0 Å².